The summed E-state index contributed by atoms with van der Waals surface area (Å²) in [6.45, 7) is 8.82. The molecule has 0 saturated carbocycles. The van der Waals surface area contributed by atoms with E-state index in [1.807, 2.05) is 72.8 Å². The number of rotatable bonds is 15. The Labute approximate surface area is 298 Å². The van der Waals surface area contributed by atoms with Crippen LogP contribution in [0.2, 0.25) is 0 Å². The van der Waals surface area contributed by atoms with Crippen LogP contribution in [0.25, 0.3) is 0 Å². The first kappa shape index (κ1) is 35.7. The van der Waals surface area contributed by atoms with Crippen molar-refractivity contribution in [3.8, 4) is 0 Å². The highest BCUT2D eigenvalue weighted by Gasteiger charge is 2.48. The van der Waals surface area contributed by atoms with E-state index in [4.69, 9.17) is 23.7 Å². The van der Waals surface area contributed by atoms with Crippen LogP contribution in [0.3, 0.4) is 0 Å². The van der Waals surface area contributed by atoms with Gasteiger partial charge in [0.1, 0.15) is 24.4 Å². The summed E-state index contributed by atoms with van der Waals surface area (Å²) < 4.78 is 34.0. The van der Waals surface area contributed by atoms with Crippen LogP contribution in [0, 0.1) is 0 Å². The van der Waals surface area contributed by atoms with Crippen molar-refractivity contribution >= 4 is 0 Å². The Morgan fingerprint density at radius 2 is 0.840 bits per heavy atom. The fraction of sp³-hybridized carbons (Fsp3) is 0.333. The molecule has 1 aliphatic heterocycles. The van der Waals surface area contributed by atoms with E-state index in [9.17, 15) is 0 Å². The largest absolute Gasteiger partial charge is 0.374 e. The summed E-state index contributed by atoms with van der Waals surface area (Å²) in [5.74, 6) is 0. The number of hydrogen-bond donors (Lipinski definition) is 0. The third kappa shape index (κ3) is 10.2. The molecule has 5 nitrogen and oxygen atoms in total. The second-order valence-corrected chi connectivity index (χ2v) is 14.1. The summed E-state index contributed by atoms with van der Waals surface area (Å²) in [4.78, 5) is 0. The monoisotopic (exact) mass is 670 g/mol. The molecule has 5 aromatic carbocycles. The Hall–Kier alpha value is -4.10. The molecule has 0 unspecified atom stereocenters. The van der Waals surface area contributed by atoms with Gasteiger partial charge in [-0.25, -0.2) is 0 Å². The quantitative estimate of drug-likeness (QED) is 0.111. The van der Waals surface area contributed by atoms with E-state index in [0.717, 1.165) is 22.3 Å². The van der Waals surface area contributed by atoms with Crippen molar-refractivity contribution in [2.24, 2.45) is 0 Å². The van der Waals surface area contributed by atoms with Crippen molar-refractivity contribution in [3.63, 3.8) is 0 Å². The average molecular weight is 671 g/mol. The second-order valence-electron chi connectivity index (χ2n) is 14.1. The van der Waals surface area contributed by atoms with E-state index in [1.165, 1.54) is 11.1 Å². The third-order valence-electron chi connectivity index (χ3n) is 9.24. The molecule has 260 valence electrons. The molecule has 1 aliphatic rings. The Morgan fingerprint density at radius 3 is 1.28 bits per heavy atom. The molecule has 0 spiro atoms. The molecule has 0 aromatic heterocycles. The molecule has 0 bridgehead atoms. The van der Waals surface area contributed by atoms with Gasteiger partial charge in [0, 0.05) is 6.42 Å². The molecule has 5 heteroatoms. The van der Waals surface area contributed by atoms with Gasteiger partial charge in [-0.1, -0.05) is 166 Å². The van der Waals surface area contributed by atoms with Gasteiger partial charge >= 0.3 is 0 Å². The van der Waals surface area contributed by atoms with E-state index in [2.05, 4.69) is 93.6 Å². The van der Waals surface area contributed by atoms with E-state index in [1.54, 1.807) is 0 Å². The van der Waals surface area contributed by atoms with Crippen molar-refractivity contribution in [3.05, 3.63) is 179 Å². The van der Waals surface area contributed by atoms with Crippen LogP contribution >= 0.6 is 0 Å². The fourth-order valence-electron chi connectivity index (χ4n) is 6.42. The SMILES string of the molecule is CC(C)(C)c1ccc(C[C@@H]2O[C@H](COCc3ccccc3)[C@@H](OCc3ccccc3)[C@H](OCc3ccccc3)[C@H]2OCc2ccccc2)cc1. The van der Waals surface area contributed by atoms with Gasteiger partial charge in [-0.2, -0.15) is 0 Å². The van der Waals surface area contributed by atoms with Crippen LogP contribution in [-0.2, 0) is 61.9 Å². The minimum absolute atomic E-state index is 0.0715. The standard InChI is InChI=1S/C45H50O5/c1-45(2,3)39-26-24-34(25-27-39)28-40-42(47-30-36-18-10-5-11-19-36)44(49-32-38-22-14-7-15-23-38)43(48-31-37-20-12-6-13-21-37)41(50-40)33-46-29-35-16-8-4-9-17-35/h4-27,40-44H,28-33H2,1-3H3/t40-,41+,42-,43+,44+/m0/s1. The van der Waals surface area contributed by atoms with Gasteiger partial charge in [-0.3, -0.25) is 0 Å². The number of hydrogen-bond acceptors (Lipinski definition) is 5. The highest BCUT2D eigenvalue weighted by molar-refractivity contribution is 5.28. The lowest BCUT2D eigenvalue weighted by Crippen LogP contribution is -2.61. The molecule has 1 heterocycles. The molecule has 0 radical (unpaired) electrons. The van der Waals surface area contributed by atoms with Crippen LogP contribution in [0.5, 0.6) is 0 Å². The predicted molar refractivity (Wildman–Crippen MR) is 199 cm³/mol. The highest BCUT2D eigenvalue weighted by Crippen LogP contribution is 2.33. The van der Waals surface area contributed by atoms with Crippen LogP contribution in [-0.4, -0.2) is 37.1 Å². The Kier molecular flexibility index (Phi) is 12.7. The summed E-state index contributed by atoms with van der Waals surface area (Å²) in [6.07, 6.45) is -1.32. The molecule has 5 atom stereocenters. The summed E-state index contributed by atoms with van der Waals surface area (Å²) in [7, 11) is 0. The molecule has 0 N–H and O–H groups in total. The smallest absolute Gasteiger partial charge is 0.115 e. The maximum Gasteiger partial charge on any atom is 0.115 e. The molecule has 1 fully saturated rings. The summed E-state index contributed by atoms with van der Waals surface area (Å²) in [5, 5.41) is 0. The Bertz CT molecular complexity index is 1670. The molecule has 50 heavy (non-hydrogen) atoms. The molecular weight excluding hydrogens is 620 g/mol. The average Bonchev–Trinajstić information content (AvgIpc) is 3.14. The van der Waals surface area contributed by atoms with Crippen molar-refractivity contribution < 1.29 is 23.7 Å². The molecule has 5 aromatic rings. The zero-order chi connectivity index (χ0) is 34.6. The van der Waals surface area contributed by atoms with Crippen LogP contribution in [0.4, 0.5) is 0 Å². The second kappa shape index (κ2) is 17.7. The Morgan fingerprint density at radius 1 is 0.440 bits per heavy atom. The van der Waals surface area contributed by atoms with Crippen molar-refractivity contribution in [2.75, 3.05) is 6.61 Å². The summed E-state index contributed by atoms with van der Waals surface area (Å²) >= 11 is 0. The predicted octanol–water partition coefficient (Wildman–Crippen LogP) is 9.27. The van der Waals surface area contributed by atoms with Gasteiger partial charge in [0.2, 0.25) is 0 Å². The van der Waals surface area contributed by atoms with Gasteiger partial charge in [-0.15, -0.1) is 0 Å². The number of benzene rings is 5. The molecular formula is C45H50O5. The molecule has 6 rings (SSSR count). The zero-order valence-corrected chi connectivity index (χ0v) is 29.5. The summed E-state index contributed by atoms with van der Waals surface area (Å²) in [5.41, 5.74) is 6.94. The van der Waals surface area contributed by atoms with Gasteiger partial charge in [0.25, 0.3) is 0 Å². The Balaban J connectivity index is 1.33. The minimum Gasteiger partial charge on any atom is -0.374 e. The molecule has 0 amide bonds. The van der Waals surface area contributed by atoms with Gasteiger partial charge in [0.05, 0.1) is 39.1 Å². The zero-order valence-electron chi connectivity index (χ0n) is 29.5. The van der Waals surface area contributed by atoms with Gasteiger partial charge < -0.3 is 23.7 Å². The lowest BCUT2D eigenvalue weighted by Gasteiger charge is -2.46. The van der Waals surface area contributed by atoms with Crippen LogP contribution in [0.1, 0.15) is 54.2 Å². The van der Waals surface area contributed by atoms with Gasteiger partial charge in [0.15, 0.2) is 0 Å². The summed E-state index contributed by atoms with van der Waals surface area (Å²) in [6, 6.07) is 50.0. The van der Waals surface area contributed by atoms with Crippen molar-refractivity contribution in [2.45, 2.75) is 89.6 Å². The fourth-order valence-corrected chi connectivity index (χ4v) is 6.42. The normalized spacial score (nSPS) is 20.8. The van der Waals surface area contributed by atoms with Crippen molar-refractivity contribution in [1.29, 1.82) is 0 Å². The molecule has 1 saturated heterocycles. The first-order valence-electron chi connectivity index (χ1n) is 17.8. The molecule has 0 aliphatic carbocycles. The van der Waals surface area contributed by atoms with E-state index in [-0.39, 0.29) is 11.5 Å². The van der Waals surface area contributed by atoms with Crippen LogP contribution in [0.15, 0.2) is 146 Å². The minimum atomic E-state index is -0.449. The lowest BCUT2D eigenvalue weighted by atomic mass is 9.85. The van der Waals surface area contributed by atoms with E-state index >= 15 is 0 Å². The topological polar surface area (TPSA) is 46.2 Å². The third-order valence-corrected chi connectivity index (χ3v) is 9.24. The van der Waals surface area contributed by atoms with E-state index < -0.39 is 24.4 Å². The maximum atomic E-state index is 7.06. The lowest BCUT2D eigenvalue weighted by molar-refractivity contribution is -0.272. The van der Waals surface area contributed by atoms with Crippen LogP contribution < -0.4 is 0 Å². The van der Waals surface area contributed by atoms with Crippen molar-refractivity contribution in [1.82, 2.24) is 0 Å². The van der Waals surface area contributed by atoms with E-state index in [0.29, 0.717) is 39.5 Å². The highest BCUT2D eigenvalue weighted by atomic mass is 16.6. The first-order chi connectivity index (χ1) is 24.4. The maximum absolute atomic E-state index is 7.06. The number of ether oxygens (including phenoxy) is 5. The van der Waals surface area contributed by atoms with Gasteiger partial charge in [-0.05, 0) is 38.8 Å². The first-order valence-corrected chi connectivity index (χ1v) is 17.8.